The number of aryl methyl sites for hydroxylation is 2. The quantitative estimate of drug-likeness (QED) is 0.525. The van der Waals surface area contributed by atoms with Crippen LogP contribution in [0.15, 0.2) is 45.3 Å². The number of rotatable bonds is 3. The summed E-state index contributed by atoms with van der Waals surface area (Å²) >= 11 is 13.6. The van der Waals surface area contributed by atoms with E-state index in [1.165, 1.54) is 16.7 Å². The van der Waals surface area contributed by atoms with Crippen LogP contribution in [0, 0.1) is 13.8 Å². The Morgan fingerprint density at radius 1 is 1.00 bits per heavy atom. The van der Waals surface area contributed by atoms with Crippen LogP contribution in [-0.2, 0) is 6.42 Å². The van der Waals surface area contributed by atoms with E-state index in [1.807, 2.05) is 6.07 Å². The van der Waals surface area contributed by atoms with Crippen LogP contribution in [0.3, 0.4) is 0 Å². The lowest BCUT2D eigenvalue weighted by atomic mass is 9.98. The van der Waals surface area contributed by atoms with Crippen LogP contribution >= 0.6 is 43.5 Å². The molecule has 0 aliphatic rings. The van der Waals surface area contributed by atoms with Gasteiger partial charge in [-0.1, -0.05) is 55.6 Å². The van der Waals surface area contributed by atoms with E-state index in [1.54, 1.807) is 0 Å². The lowest BCUT2D eigenvalue weighted by Gasteiger charge is -2.13. The molecule has 2 rings (SSSR count). The van der Waals surface area contributed by atoms with Crippen molar-refractivity contribution in [2.45, 2.75) is 25.6 Å². The van der Waals surface area contributed by atoms with Crippen LogP contribution < -0.4 is 0 Å². The lowest BCUT2D eigenvalue weighted by Crippen LogP contribution is -1.99. The molecule has 0 saturated heterocycles. The molecule has 2 aromatic carbocycles. The SMILES string of the molecule is Cc1ccc(C)c(CC(Cl)c2cc(Br)cc(Br)c2)c1. The Kier molecular flexibility index (Phi) is 5.10. The molecule has 0 heterocycles. The summed E-state index contributed by atoms with van der Waals surface area (Å²) in [6.45, 7) is 4.25. The molecule has 0 amide bonds. The highest BCUT2D eigenvalue weighted by atomic mass is 79.9. The zero-order valence-electron chi connectivity index (χ0n) is 10.9. The van der Waals surface area contributed by atoms with Gasteiger partial charge in [-0.15, -0.1) is 11.6 Å². The second kappa shape index (κ2) is 6.43. The van der Waals surface area contributed by atoms with Crippen molar-refractivity contribution >= 4 is 43.5 Å². The average molecular weight is 403 g/mol. The van der Waals surface area contributed by atoms with Crippen LogP contribution in [0.1, 0.15) is 27.6 Å². The van der Waals surface area contributed by atoms with Gasteiger partial charge in [-0.05, 0) is 55.2 Å². The highest BCUT2D eigenvalue weighted by Crippen LogP contribution is 2.31. The van der Waals surface area contributed by atoms with Gasteiger partial charge in [0.05, 0.1) is 5.38 Å². The second-order valence-corrected chi connectivity index (χ2v) is 7.16. The summed E-state index contributed by atoms with van der Waals surface area (Å²) in [4.78, 5) is 0. The van der Waals surface area contributed by atoms with Gasteiger partial charge in [0.1, 0.15) is 0 Å². The van der Waals surface area contributed by atoms with E-state index in [0.29, 0.717) is 0 Å². The van der Waals surface area contributed by atoms with E-state index < -0.39 is 0 Å². The molecular formula is C16H15Br2Cl. The van der Waals surface area contributed by atoms with Crippen molar-refractivity contribution in [1.82, 2.24) is 0 Å². The summed E-state index contributed by atoms with van der Waals surface area (Å²) in [5.74, 6) is 0. The number of alkyl halides is 1. The van der Waals surface area contributed by atoms with Crippen molar-refractivity contribution in [2.24, 2.45) is 0 Å². The molecule has 19 heavy (non-hydrogen) atoms. The van der Waals surface area contributed by atoms with Crippen molar-refractivity contribution < 1.29 is 0 Å². The van der Waals surface area contributed by atoms with Crippen LogP contribution in [0.4, 0.5) is 0 Å². The fraction of sp³-hybridized carbons (Fsp3) is 0.250. The Balaban J connectivity index is 2.25. The maximum absolute atomic E-state index is 6.57. The van der Waals surface area contributed by atoms with Crippen molar-refractivity contribution in [2.75, 3.05) is 0 Å². The minimum atomic E-state index is -0.0192. The standard InChI is InChI=1S/C16H15Br2Cl/c1-10-3-4-11(2)12(5-10)8-16(19)13-6-14(17)9-15(18)7-13/h3-7,9,16H,8H2,1-2H3. The summed E-state index contributed by atoms with van der Waals surface area (Å²) in [5, 5.41) is -0.0192. The molecule has 0 saturated carbocycles. The summed E-state index contributed by atoms with van der Waals surface area (Å²) in [7, 11) is 0. The smallest absolute Gasteiger partial charge is 0.0626 e. The van der Waals surface area contributed by atoms with Gasteiger partial charge in [-0.3, -0.25) is 0 Å². The third kappa shape index (κ3) is 4.08. The van der Waals surface area contributed by atoms with Gasteiger partial charge < -0.3 is 0 Å². The van der Waals surface area contributed by atoms with Gasteiger partial charge in [-0.2, -0.15) is 0 Å². The molecule has 0 nitrogen and oxygen atoms in total. The molecule has 0 aliphatic carbocycles. The van der Waals surface area contributed by atoms with Crippen molar-refractivity contribution in [3.05, 3.63) is 67.6 Å². The molecule has 0 fully saturated rings. The molecule has 0 radical (unpaired) electrons. The summed E-state index contributed by atoms with van der Waals surface area (Å²) < 4.78 is 2.09. The monoisotopic (exact) mass is 400 g/mol. The molecule has 2 aromatic rings. The minimum absolute atomic E-state index is 0.0192. The van der Waals surface area contributed by atoms with Gasteiger partial charge in [0.25, 0.3) is 0 Å². The molecule has 0 N–H and O–H groups in total. The van der Waals surface area contributed by atoms with E-state index in [4.69, 9.17) is 11.6 Å². The maximum atomic E-state index is 6.57. The maximum Gasteiger partial charge on any atom is 0.0626 e. The summed E-state index contributed by atoms with van der Waals surface area (Å²) in [6.07, 6.45) is 0.845. The van der Waals surface area contributed by atoms with E-state index in [9.17, 15) is 0 Å². The molecule has 100 valence electrons. The highest BCUT2D eigenvalue weighted by Gasteiger charge is 2.12. The van der Waals surface area contributed by atoms with Crippen LogP contribution in [0.5, 0.6) is 0 Å². The fourth-order valence-corrected chi connectivity index (χ4v) is 3.71. The van der Waals surface area contributed by atoms with Crippen LogP contribution in [-0.4, -0.2) is 0 Å². The molecule has 0 aliphatic heterocycles. The largest absolute Gasteiger partial charge is 0.117 e. The average Bonchev–Trinajstić information content (AvgIpc) is 2.32. The Labute approximate surface area is 136 Å². The number of halogens is 3. The van der Waals surface area contributed by atoms with E-state index in [2.05, 4.69) is 76.0 Å². The van der Waals surface area contributed by atoms with Crippen molar-refractivity contribution in [3.63, 3.8) is 0 Å². The van der Waals surface area contributed by atoms with Crippen LogP contribution in [0.25, 0.3) is 0 Å². The third-order valence-corrected chi connectivity index (χ3v) is 4.47. The van der Waals surface area contributed by atoms with Gasteiger partial charge in [0.15, 0.2) is 0 Å². The Hall–Kier alpha value is -0.310. The van der Waals surface area contributed by atoms with Crippen molar-refractivity contribution in [1.29, 1.82) is 0 Å². The summed E-state index contributed by atoms with van der Waals surface area (Å²) in [6, 6.07) is 12.7. The molecule has 0 bridgehead atoms. The summed E-state index contributed by atoms with van der Waals surface area (Å²) in [5.41, 5.74) is 5.02. The molecule has 1 atom stereocenters. The topological polar surface area (TPSA) is 0 Å². The highest BCUT2D eigenvalue weighted by molar-refractivity contribution is 9.11. The first-order valence-corrected chi connectivity index (χ1v) is 8.14. The lowest BCUT2D eigenvalue weighted by molar-refractivity contribution is 0.907. The minimum Gasteiger partial charge on any atom is -0.117 e. The molecule has 3 heteroatoms. The molecule has 0 aromatic heterocycles. The van der Waals surface area contributed by atoms with Crippen molar-refractivity contribution in [3.8, 4) is 0 Å². The predicted molar refractivity (Wildman–Crippen MR) is 90.1 cm³/mol. The van der Waals surface area contributed by atoms with Gasteiger partial charge in [-0.25, -0.2) is 0 Å². The molecule has 1 unspecified atom stereocenters. The second-order valence-electron chi connectivity index (χ2n) is 4.80. The van der Waals surface area contributed by atoms with Gasteiger partial charge >= 0.3 is 0 Å². The first kappa shape index (κ1) is 15.1. The first-order valence-electron chi connectivity index (χ1n) is 6.12. The fourth-order valence-electron chi connectivity index (χ4n) is 2.09. The Morgan fingerprint density at radius 3 is 2.26 bits per heavy atom. The Morgan fingerprint density at radius 2 is 1.63 bits per heavy atom. The zero-order valence-corrected chi connectivity index (χ0v) is 14.8. The Bertz CT molecular complexity index is 573. The predicted octanol–water partition coefficient (Wildman–Crippen LogP) is 6.35. The zero-order chi connectivity index (χ0) is 14.0. The number of hydrogen-bond donors (Lipinski definition) is 0. The van der Waals surface area contributed by atoms with E-state index in [-0.39, 0.29) is 5.38 Å². The molecule has 0 spiro atoms. The number of benzene rings is 2. The normalized spacial score (nSPS) is 12.5. The first-order chi connectivity index (χ1) is 8.95. The van der Waals surface area contributed by atoms with E-state index in [0.717, 1.165) is 20.9 Å². The number of hydrogen-bond acceptors (Lipinski definition) is 0. The van der Waals surface area contributed by atoms with Gasteiger partial charge in [0.2, 0.25) is 0 Å². The van der Waals surface area contributed by atoms with Gasteiger partial charge in [0, 0.05) is 8.95 Å². The third-order valence-electron chi connectivity index (χ3n) is 3.15. The molecular weight excluding hydrogens is 387 g/mol. The van der Waals surface area contributed by atoms with E-state index >= 15 is 0 Å². The van der Waals surface area contributed by atoms with Crippen LogP contribution in [0.2, 0.25) is 0 Å².